The van der Waals surface area contributed by atoms with Gasteiger partial charge in [-0.3, -0.25) is 4.79 Å². The first-order chi connectivity index (χ1) is 15.4. The molecule has 0 spiro atoms. The summed E-state index contributed by atoms with van der Waals surface area (Å²) >= 11 is 12.2. The van der Waals surface area contributed by atoms with E-state index in [4.69, 9.17) is 33.0 Å². The third kappa shape index (κ3) is 5.88. The van der Waals surface area contributed by atoms with E-state index in [2.05, 4.69) is 5.32 Å². The van der Waals surface area contributed by atoms with Crippen molar-refractivity contribution in [1.82, 2.24) is 0 Å². The highest BCUT2D eigenvalue weighted by atomic mass is 35.5. The Balaban J connectivity index is 1.81. The zero-order chi connectivity index (χ0) is 23.1. The molecule has 0 aliphatic carbocycles. The van der Waals surface area contributed by atoms with Gasteiger partial charge < -0.3 is 15.2 Å². The van der Waals surface area contributed by atoms with Crippen molar-refractivity contribution in [2.24, 2.45) is 0 Å². The first kappa shape index (κ1) is 22.9. The van der Waals surface area contributed by atoms with Crippen LogP contribution in [0.5, 0.6) is 5.75 Å². The van der Waals surface area contributed by atoms with Crippen LogP contribution in [0.15, 0.2) is 72.3 Å². The van der Waals surface area contributed by atoms with Crippen LogP contribution < -0.4 is 10.1 Å². The van der Waals surface area contributed by atoms with Crippen molar-refractivity contribution in [1.29, 1.82) is 5.26 Å². The average molecular weight is 467 g/mol. The van der Waals surface area contributed by atoms with Gasteiger partial charge in [-0.2, -0.15) is 5.26 Å². The molecule has 8 heteroatoms. The zero-order valence-electron chi connectivity index (χ0n) is 16.5. The van der Waals surface area contributed by atoms with Crippen molar-refractivity contribution in [3.63, 3.8) is 0 Å². The number of carbonyl (C=O) groups excluding carboxylic acids is 1. The summed E-state index contributed by atoms with van der Waals surface area (Å²) in [5, 5.41) is 21.9. The standard InChI is InChI=1S/C24H16Cl2N2O4/c25-19-9-10-22(32-14-15-5-7-16(8-6-15)24(30)31)17(12-19)11-18(13-27)23(29)28-21-4-2-1-3-20(21)26/h1-12H,14H2,(H,28,29)(H,30,31). The van der Waals surface area contributed by atoms with Crippen LogP contribution in [0.2, 0.25) is 10.0 Å². The maximum Gasteiger partial charge on any atom is 0.335 e. The van der Waals surface area contributed by atoms with Crippen LogP contribution >= 0.6 is 23.2 Å². The highest BCUT2D eigenvalue weighted by Gasteiger charge is 2.13. The van der Waals surface area contributed by atoms with Gasteiger partial charge in [0.1, 0.15) is 24.0 Å². The minimum Gasteiger partial charge on any atom is -0.488 e. The molecule has 1 amide bonds. The van der Waals surface area contributed by atoms with E-state index in [0.29, 0.717) is 27.0 Å². The number of halogens is 2. The van der Waals surface area contributed by atoms with E-state index < -0.39 is 11.9 Å². The number of para-hydroxylation sites is 1. The Labute approximate surface area is 194 Å². The number of ether oxygens (including phenoxy) is 1. The molecule has 0 aliphatic heterocycles. The molecule has 0 bridgehead atoms. The topological polar surface area (TPSA) is 99.4 Å². The number of amides is 1. The second-order valence-corrected chi connectivity index (χ2v) is 7.42. The predicted molar refractivity (Wildman–Crippen MR) is 123 cm³/mol. The third-order valence-electron chi connectivity index (χ3n) is 4.35. The summed E-state index contributed by atoms with van der Waals surface area (Å²) in [6.07, 6.45) is 1.38. The molecule has 32 heavy (non-hydrogen) atoms. The lowest BCUT2D eigenvalue weighted by molar-refractivity contribution is -0.112. The number of hydrogen-bond acceptors (Lipinski definition) is 4. The number of nitrogens with zero attached hydrogens (tertiary/aromatic N) is 1. The van der Waals surface area contributed by atoms with Crippen molar-refractivity contribution in [3.8, 4) is 11.8 Å². The average Bonchev–Trinajstić information content (AvgIpc) is 2.78. The normalized spacial score (nSPS) is 10.8. The zero-order valence-corrected chi connectivity index (χ0v) is 18.0. The molecule has 0 heterocycles. The van der Waals surface area contributed by atoms with Gasteiger partial charge in [-0.25, -0.2) is 4.79 Å². The molecule has 0 radical (unpaired) electrons. The number of hydrogen-bond donors (Lipinski definition) is 2. The molecule has 2 N–H and O–H groups in total. The third-order valence-corrected chi connectivity index (χ3v) is 4.92. The number of nitrogens with one attached hydrogen (secondary N) is 1. The van der Waals surface area contributed by atoms with E-state index in [0.717, 1.165) is 5.56 Å². The van der Waals surface area contributed by atoms with Gasteiger partial charge in [-0.05, 0) is 54.1 Å². The Hall–Kier alpha value is -3.79. The van der Waals surface area contributed by atoms with Crippen LogP contribution in [0.25, 0.3) is 6.08 Å². The highest BCUT2D eigenvalue weighted by molar-refractivity contribution is 6.34. The molecule has 3 rings (SSSR count). The molecule has 0 aliphatic rings. The molecule has 160 valence electrons. The summed E-state index contributed by atoms with van der Waals surface area (Å²) in [6, 6.07) is 19.6. The molecule has 0 atom stereocenters. The smallest absolute Gasteiger partial charge is 0.335 e. The summed E-state index contributed by atoms with van der Waals surface area (Å²) in [6.45, 7) is 0.149. The molecule has 3 aromatic carbocycles. The van der Waals surface area contributed by atoms with Crippen LogP contribution in [0, 0.1) is 11.3 Å². The molecule has 0 saturated heterocycles. The Bertz CT molecular complexity index is 1230. The maximum atomic E-state index is 12.6. The van der Waals surface area contributed by atoms with Gasteiger partial charge in [0, 0.05) is 10.6 Å². The maximum absolute atomic E-state index is 12.6. The summed E-state index contributed by atoms with van der Waals surface area (Å²) < 4.78 is 5.83. The van der Waals surface area contributed by atoms with Gasteiger partial charge >= 0.3 is 5.97 Å². The minimum absolute atomic E-state index is 0.149. The summed E-state index contributed by atoms with van der Waals surface area (Å²) in [5.41, 5.74) is 1.57. The molecule has 3 aromatic rings. The van der Waals surface area contributed by atoms with E-state index in [1.54, 1.807) is 54.6 Å². The Kier molecular flexibility index (Phi) is 7.50. The second kappa shape index (κ2) is 10.5. The summed E-state index contributed by atoms with van der Waals surface area (Å²) in [5.74, 6) is -1.24. The van der Waals surface area contributed by atoms with Crippen molar-refractivity contribution in [3.05, 3.63) is 99.0 Å². The van der Waals surface area contributed by atoms with Crippen LogP contribution in [-0.4, -0.2) is 17.0 Å². The molecule has 6 nitrogen and oxygen atoms in total. The van der Waals surface area contributed by atoms with Crippen molar-refractivity contribution in [2.45, 2.75) is 6.61 Å². The molecule has 0 aromatic heterocycles. The van der Waals surface area contributed by atoms with Crippen LogP contribution in [0.4, 0.5) is 5.69 Å². The second-order valence-electron chi connectivity index (χ2n) is 6.58. The molecule has 0 unspecified atom stereocenters. The van der Waals surface area contributed by atoms with E-state index in [1.165, 1.54) is 18.2 Å². The van der Waals surface area contributed by atoms with E-state index >= 15 is 0 Å². The first-order valence-corrected chi connectivity index (χ1v) is 10.0. The number of benzene rings is 3. The number of carboxylic acid groups (broad SMARTS) is 1. The van der Waals surface area contributed by atoms with Gasteiger partial charge in [0.25, 0.3) is 5.91 Å². The fraction of sp³-hybridized carbons (Fsp3) is 0.0417. The SMILES string of the molecule is N#CC(=Cc1cc(Cl)ccc1OCc1ccc(C(=O)O)cc1)C(=O)Nc1ccccc1Cl. The minimum atomic E-state index is -1.01. The summed E-state index contributed by atoms with van der Waals surface area (Å²) in [4.78, 5) is 23.6. The highest BCUT2D eigenvalue weighted by Crippen LogP contribution is 2.27. The van der Waals surface area contributed by atoms with Crippen molar-refractivity contribution < 1.29 is 19.4 Å². The van der Waals surface area contributed by atoms with Gasteiger partial charge in [-0.15, -0.1) is 0 Å². The number of nitriles is 1. The summed E-state index contributed by atoms with van der Waals surface area (Å²) in [7, 11) is 0. The first-order valence-electron chi connectivity index (χ1n) is 9.29. The number of carboxylic acids is 1. The lowest BCUT2D eigenvalue weighted by Gasteiger charge is -2.11. The van der Waals surface area contributed by atoms with Gasteiger partial charge in [0.05, 0.1) is 16.3 Å². The number of anilines is 1. The Morgan fingerprint density at radius 2 is 1.78 bits per heavy atom. The monoisotopic (exact) mass is 466 g/mol. The molecule has 0 fully saturated rings. The lowest BCUT2D eigenvalue weighted by atomic mass is 10.1. The van der Waals surface area contributed by atoms with Crippen LogP contribution in [0.1, 0.15) is 21.5 Å². The molecule has 0 saturated carbocycles. The van der Waals surface area contributed by atoms with Gasteiger partial charge in [0.15, 0.2) is 0 Å². The van der Waals surface area contributed by atoms with Crippen LogP contribution in [0.3, 0.4) is 0 Å². The van der Waals surface area contributed by atoms with Crippen LogP contribution in [-0.2, 0) is 11.4 Å². The number of aromatic carboxylic acids is 1. The lowest BCUT2D eigenvalue weighted by Crippen LogP contribution is -2.13. The fourth-order valence-corrected chi connectivity index (χ4v) is 3.09. The van der Waals surface area contributed by atoms with E-state index in [9.17, 15) is 14.9 Å². The van der Waals surface area contributed by atoms with Gasteiger partial charge in [0.2, 0.25) is 0 Å². The quantitative estimate of drug-likeness (QED) is 0.337. The predicted octanol–water partition coefficient (Wildman–Crippen LogP) is 5.82. The largest absolute Gasteiger partial charge is 0.488 e. The van der Waals surface area contributed by atoms with Crippen molar-refractivity contribution >= 4 is 46.8 Å². The van der Waals surface area contributed by atoms with E-state index in [1.807, 2.05) is 6.07 Å². The Morgan fingerprint density at radius 1 is 1.06 bits per heavy atom. The van der Waals surface area contributed by atoms with Crippen molar-refractivity contribution in [2.75, 3.05) is 5.32 Å². The number of rotatable bonds is 7. The van der Waals surface area contributed by atoms with E-state index in [-0.39, 0.29) is 17.7 Å². The molecular weight excluding hydrogens is 451 g/mol. The fourth-order valence-electron chi connectivity index (χ4n) is 2.72. The van der Waals surface area contributed by atoms with Gasteiger partial charge in [-0.1, -0.05) is 47.5 Å². The molecular formula is C24H16Cl2N2O4. The Morgan fingerprint density at radius 3 is 2.44 bits per heavy atom. The number of carbonyl (C=O) groups is 2.